The Labute approximate surface area is 555 Å². The van der Waals surface area contributed by atoms with E-state index in [4.69, 9.17) is 0 Å². The van der Waals surface area contributed by atoms with E-state index in [2.05, 4.69) is 150 Å². The Hall–Kier alpha value is -7.95. The number of anilines is 1. The molecule has 0 saturated heterocycles. The van der Waals surface area contributed by atoms with Crippen LogP contribution < -0.4 is 25.2 Å². The summed E-state index contributed by atoms with van der Waals surface area (Å²) in [5, 5.41) is 14.6. The molecule has 0 fully saturated rings. The number of sulfonamides is 2. The summed E-state index contributed by atoms with van der Waals surface area (Å²) in [5.74, 6) is 0.455. The molecule has 14 nitrogen and oxygen atoms in total. The number of hydrogen-bond acceptors (Lipinski definition) is 9. The highest BCUT2D eigenvalue weighted by molar-refractivity contribution is 7.89. The SMILES string of the molecule is CC(C)c1cc(C(C)C)c(S(=O)(=O)NN=Cc2ccc(CCNC(=O)CCN3/C(=C/C=C/C4=[N+](CCC(=O)NCCc5ccc(C=NNS(=O)(=O)c6c(C(C)C)cc(C(C)C)cc6C(C)C)cc5)c5ccccc5C4(C)C)C(C)(C)c4ccccc43)cc2)c(C(C)C)c1. The standard InChI is InChI=1S/C77H98N8O6S2/c1-50(2)60-44-62(52(5)6)74(63(45-60)53(7)8)92(88,89)82-80-48-58-32-28-56(29-33-58)36-40-78-72(86)38-42-84-68-24-19-17-22-66(68)76(13,14)70(84)26-21-27-71-77(15,16)67-23-18-20-25-69(67)85(71)43-39-73(87)79-41-37-57-30-34-59(35-31-57)49-81-83-93(90,91)75-64(54(9)10)46-61(51(3)4)47-65(75)55(11)12/h17-35,44-55,82-83H,36-43H2,1-16H3,(H-,78,79,86,87)/p+1. The molecule has 6 aromatic rings. The summed E-state index contributed by atoms with van der Waals surface area (Å²) in [6.07, 6.45) is 11.3. The summed E-state index contributed by atoms with van der Waals surface area (Å²) in [6.45, 7) is 35.4. The summed E-state index contributed by atoms with van der Waals surface area (Å²) < 4.78 is 57.6. The normalized spacial score (nSPS) is 15.2. The fourth-order valence-corrected chi connectivity index (χ4v) is 15.6. The van der Waals surface area contributed by atoms with Gasteiger partial charge in [-0.05, 0) is 136 Å². The summed E-state index contributed by atoms with van der Waals surface area (Å²) in [4.78, 5) is 35.0. The fourth-order valence-electron chi connectivity index (χ4n) is 12.7. The molecule has 494 valence electrons. The van der Waals surface area contributed by atoms with Crippen LogP contribution in [0, 0.1) is 0 Å². The average Bonchev–Trinajstić information content (AvgIpc) is 1.72. The first kappa shape index (κ1) is 70.9. The maximum Gasteiger partial charge on any atom is 0.277 e. The number of amides is 2. The first-order valence-electron chi connectivity index (χ1n) is 33.1. The van der Waals surface area contributed by atoms with E-state index in [-0.39, 0.29) is 71.0 Å². The molecule has 0 atom stereocenters. The molecule has 2 amide bonds. The van der Waals surface area contributed by atoms with Crippen molar-refractivity contribution in [2.24, 2.45) is 10.2 Å². The number of hydrazone groups is 2. The van der Waals surface area contributed by atoms with Crippen molar-refractivity contribution in [1.29, 1.82) is 0 Å². The van der Waals surface area contributed by atoms with Crippen molar-refractivity contribution < 1.29 is 31.0 Å². The fraction of sp³-hybridized carbons (Fsp3) is 0.416. The Balaban J connectivity index is 0.859. The van der Waals surface area contributed by atoms with E-state index in [1.54, 1.807) is 0 Å². The zero-order valence-electron chi connectivity index (χ0n) is 57.6. The Bertz CT molecular complexity index is 4020. The number of allylic oxidation sites excluding steroid dienone is 4. The van der Waals surface area contributed by atoms with Crippen LogP contribution in [-0.2, 0) is 53.3 Å². The predicted molar refractivity (Wildman–Crippen MR) is 382 cm³/mol. The van der Waals surface area contributed by atoms with Gasteiger partial charge >= 0.3 is 0 Å². The highest BCUT2D eigenvalue weighted by atomic mass is 32.2. The zero-order chi connectivity index (χ0) is 67.7. The molecular weight excluding hydrogens is 1200 g/mol. The van der Waals surface area contributed by atoms with Crippen LogP contribution in [-0.4, -0.2) is 77.5 Å². The number of benzene rings is 6. The van der Waals surface area contributed by atoms with Gasteiger partial charge in [-0.15, -0.1) is 0 Å². The van der Waals surface area contributed by atoms with Crippen molar-refractivity contribution in [1.82, 2.24) is 20.3 Å². The van der Waals surface area contributed by atoms with Gasteiger partial charge in [0, 0.05) is 60.6 Å². The minimum Gasteiger partial charge on any atom is -0.356 e. The molecule has 93 heavy (non-hydrogen) atoms. The summed E-state index contributed by atoms with van der Waals surface area (Å²) in [5.41, 5.74) is 14.9. The van der Waals surface area contributed by atoms with Crippen LogP contribution in [0.15, 0.2) is 165 Å². The topological polar surface area (TPSA) is 182 Å². The van der Waals surface area contributed by atoms with Crippen LogP contribution >= 0.6 is 0 Å². The van der Waals surface area contributed by atoms with Gasteiger partial charge in [0.2, 0.25) is 17.5 Å². The lowest BCUT2D eigenvalue weighted by Crippen LogP contribution is -2.32. The van der Waals surface area contributed by atoms with Crippen molar-refractivity contribution in [3.05, 3.63) is 212 Å². The monoisotopic (exact) mass is 1300 g/mol. The summed E-state index contributed by atoms with van der Waals surface area (Å²) in [7, 11) is -7.90. The second kappa shape index (κ2) is 30.0. The number of nitrogens with zero attached hydrogens (tertiary/aromatic N) is 4. The van der Waals surface area contributed by atoms with Gasteiger partial charge in [0.15, 0.2) is 12.3 Å². The highest BCUT2D eigenvalue weighted by Gasteiger charge is 2.45. The van der Waals surface area contributed by atoms with Crippen molar-refractivity contribution >= 4 is 61.4 Å². The van der Waals surface area contributed by atoms with E-state index in [0.717, 1.165) is 78.4 Å². The molecule has 2 aliphatic heterocycles. The van der Waals surface area contributed by atoms with E-state index >= 15 is 0 Å². The molecular formula is C77H99N8O6S2+. The molecule has 0 unspecified atom stereocenters. The molecule has 0 aromatic heterocycles. The van der Waals surface area contributed by atoms with Gasteiger partial charge in [-0.2, -0.15) is 31.6 Å². The molecule has 0 radical (unpaired) electrons. The predicted octanol–water partition coefficient (Wildman–Crippen LogP) is 15.2. The Morgan fingerprint density at radius 1 is 0.527 bits per heavy atom. The lowest BCUT2D eigenvalue weighted by Gasteiger charge is -2.27. The molecule has 2 heterocycles. The number of nitrogens with one attached hydrogen (secondary N) is 4. The van der Waals surface area contributed by atoms with Crippen LogP contribution in [0.4, 0.5) is 11.4 Å². The van der Waals surface area contributed by atoms with E-state index in [0.29, 0.717) is 48.8 Å². The average molecular weight is 1300 g/mol. The number of hydrogen-bond donors (Lipinski definition) is 4. The first-order chi connectivity index (χ1) is 43.9. The highest BCUT2D eigenvalue weighted by Crippen LogP contribution is 2.48. The third kappa shape index (κ3) is 16.7. The molecule has 0 bridgehead atoms. The third-order valence-electron chi connectivity index (χ3n) is 18.1. The quantitative estimate of drug-likeness (QED) is 0.0214. The Morgan fingerprint density at radius 2 is 0.946 bits per heavy atom. The van der Waals surface area contributed by atoms with Crippen molar-refractivity contribution in [2.45, 2.75) is 193 Å². The summed E-state index contributed by atoms with van der Waals surface area (Å²) in [6, 6.07) is 40.3. The van der Waals surface area contributed by atoms with Gasteiger partial charge in [0.1, 0.15) is 0 Å². The number of fused-ring (bicyclic) bond motifs is 2. The van der Waals surface area contributed by atoms with Gasteiger partial charge in [0.25, 0.3) is 20.0 Å². The minimum atomic E-state index is -3.95. The molecule has 0 saturated carbocycles. The van der Waals surface area contributed by atoms with Crippen LogP contribution in [0.2, 0.25) is 0 Å². The van der Waals surface area contributed by atoms with Gasteiger partial charge in [-0.25, -0.2) is 9.66 Å². The maximum atomic E-state index is 13.8. The Kier molecular flexibility index (Phi) is 22.9. The van der Waals surface area contributed by atoms with Gasteiger partial charge in [-0.3, -0.25) is 9.59 Å². The van der Waals surface area contributed by atoms with E-state index in [9.17, 15) is 26.4 Å². The third-order valence-corrected chi connectivity index (χ3v) is 20.8. The molecule has 0 spiro atoms. The molecule has 4 N–H and O–H groups in total. The molecule has 0 aliphatic carbocycles. The zero-order valence-corrected chi connectivity index (χ0v) is 59.2. The maximum absolute atomic E-state index is 13.8. The van der Waals surface area contributed by atoms with Gasteiger partial charge in [0.05, 0.1) is 34.1 Å². The van der Waals surface area contributed by atoms with Crippen LogP contribution in [0.5, 0.6) is 0 Å². The molecule has 8 rings (SSSR count). The second-order valence-corrected chi connectivity index (χ2v) is 31.0. The smallest absolute Gasteiger partial charge is 0.277 e. The number of carbonyl (C=O) groups excluding carboxylic acids is 2. The van der Waals surface area contributed by atoms with E-state index in [1.165, 1.54) is 23.6 Å². The number of carbonyl (C=O) groups is 2. The molecule has 2 aliphatic rings. The van der Waals surface area contributed by atoms with Crippen LogP contribution in [0.3, 0.4) is 0 Å². The largest absolute Gasteiger partial charge is 0.356 e. The minimum absolute atomic E-state index is 0.00487. The molecule has 6 aromatic carbocycles. The second-order valence-electron chi connectivity index (χ2n) is 27.8. The summed E-state index contributed by atoms with van der Waals surface area (Å²) >= 11 is 0. The van der Waals surface area contributed by atoms with Crippen LogP contribution in [0.25, 0.3) is 0 Å². The lowest BCUT2D eigenvalue weighted by atomic mass is 9.81. The van der Waals surface area contributed by atoms with E-state index in [1.807, 2.05) is 140 Å². The van der Waals surface area contributed by atoms with Gasteiger partial charge < -0.3 is 15.5 Å². The van der Waals surface area contributed by atoms with Crippen molar-refractivity contribution in [3.8, 4) is 0 Å². The first-order valence-corrected chi connectivity index (χ1v) is 36.1. The Morgan fingerprint density at radius 3 is 1.39 bits per heavy atom. The molecule has 16 heteroatoms. The van der Waals surface area contributed by atoms with Gasteiger partial charge in [-0.1, -0.05) is 212 Å². The van der Waals surface area contributed by atoms with Crippen LogP contribution in [0.1, 0.15) is 226 Å². The van der Waals surface area contributed by atoms with Crippen molar-refractivity contribution in [2.75, 3.05) is 31.1 Å². The number of rotatable bonds is 28. The van der Waals surface area contributed by atoms with Crippen molar-refractivity contribution in [3.63, 3.8) is 0 Å². The van der Waals surface area contributed by atoms with E-state index < -0.39 is 20.0 Å². The lowest BCUT2D eigenvalue weighted by molar-refractivity contribution is -0.436. The number of para-hydroxylation sites is 2.